The normalized spacial score (nSPS) is 12.8. The number of guanidine groups is 1. The fourth-order valence-corrected chi connectivity index (χ4v) is 3.21. The molecule has 4 nitrogen and oxygen atoms in total. The monoisotopic (exact) mass is 349 g/mol. The van der Waals surface area contributed by atoms with Gasteiger partial charge in [0.1, 0.15) is 0 Å². The van der Waals surface area contributed by atoms with Crippen LogP contribution in [0.15, 0.2) is 40.7 Å². The van der Waals surface area contributed by atoms with E-state index in [1.54, 1.807) is 24.5 Å². The first-order valence-corrected chi connectivity index (χ1v) is 8.79. The highest BCUT2D eigenvalue weighted by molar-refractivity contribution is 7.09. The standard InChI is InChI=1S/C18H24FN3OS/c1-13(9-15-5-4-8-24-15)11-21-18(20-2)22-12-14-6-7-17(23-3)16(19)10-14/h4-8,10,13H,9,11-12H2,1-3H3,(H2,20,21,22). The average molecular weight is 349 g/mol. The number of rotatable bonds is 7. The Morgan fingerprint density at radius 2 is 2.17 bits per heavy atom. The molecule has 0 spiro atoms. The van der Waals surface area contributed by atoms with Gasteiger partial charge in [0.05, 0.1) is 7.11 Å². The Morgan fingerprint density at radius 3 is 2.79 bits per heavy atom. The summed E-state index contributed by atoms with van der Waals surface area (Å²) >= 11 is 1.78. The smallest absolute Gasteiger partial charge is 0.191 e. The summed E-state index contributed by atoms with van der Waals surface area (Å²) in [4.78, 5) is 5.60. The first-order chi connectivity index (χ1) is 11.6. The number of methoxy groups -OCH3 is 1. The molecule has 0 aliphatic rings. The van der Waals surface area contributed by atoms with E-state index in [2.05, 4.69) is 40.1 Å². The minimum atomic E-state index is -0.357. The molecule has 2 N–H and O–H groups in total. The number of hydrogen-bond donors (Lipinski definition) is 2. The Labute approximate surface area is 146 Å². The third-order valence-electron chi connectivity index (χ3n) is 3.65. The Morgan fingerprint density at radius 1 is 1.33 bits per heavy atom. The molecule has 2 rings (SSSR count). The molecule has 2 aromatic rings. The molecule has 1 heterocycles. The molecule has 0 saturated heterocycles. The Balaban J connectivity index is 1.79. The van der Waals surface area contributed by atoms with Crippen LogP contribution in [0.1, 0.15) is 17.4 Å². The third-order valence-corrected chi connectivity index (χ3v) is 4.55. The summed E-state index contributed by atoms with van der Waals surface area (Å²) in [6.07, 6.45) is 1.05. The molecular weight excluding hydrogens is 325 g/mol. The van der Waals surface area contributed by atoms with E-state index in [-0.39, 0.29) is 11.6 Å². The van der Waals surface area contributed by atoms with Crippen LogP contribution in [0.2, 0.25) is 0 Å². The van der Waals surface area contributed by atoms with Gasteiger partial charge in [-0.2, -0.15) is 0 Å². The number of hydrogen-bond acceptors (Lipinski definition) is 3. The van der Waals surface area contributed by atoms with Gasteiger partial charge in [-0.1, -0.05) is 19.1 Å². The van der Waals surface area contributed by atoms with Crippen molar-refractivity contribution >= 4 is 17.3 Å². The van der Waals surface area contributed by atoms with Crippen molar-refractivity contribution in [3.63, 3.8) is 0 Å². The highest BCUT2D eigenvalue weighted by atomic mass is 32.1. The lowest BCUT2D eigenvalue weighted by Crippen LogP contribution is -2.39. The van der Waals surface area contributed by atoms with Crippen molar-refractivity contribution < 1.29 is 9.13 Å². The molecule has 0 amide bonds. The Hall–Kier alpha value is -2.08. The average Bonchev–Trinajstić information content (AvgIpc) is 3.08. The van der Waals surface area contributed by atoms with Gasteiger partial charge < -0.3 is 15.4 Å². The van der Waals surface area contributed by atoms with E-state index in [9.17, 15) is 4.39 Å². The summed E-state index contributed by atoms with van der Waals surface area (Å²) in [5.41, 5.74) is 0.836. The van der Waals surface area contributed by atoms with Crippen LogP contribution >= 0.6 is 11.3 Å². The molecular formula is C18H24FN3OS. The lowest BCUT2D eigenvalue weighted by atomic mass is 10.1. The zero-order valence-electron chi connectivity index (χ0n) is 14.3. The van der Waals surface area contributed by atoms with Crippen molar-refractivity contribution in [2.45, 2.75) is 19.9 Å². The van der Waals surface area contributed by atoms with Crippen LogP contribution in [-0.4, -0.2) is 26.7 Å². The molecule has 1 aromatic carbocycles. The van der Waals surface area contributed by atoms with Crippen molar-refractivity contribution in [2.24, 2.45) is 10.9 Å². The summed E-state index contributed by atoms with van der Waals surface area (Å²) in [5.74, 6) is 1.11. The highest BCUT2D eigenvalue weighted by Gasteiger charge is 2.07. The third kappa shape index (κ3) is 5.53. The van der Waals surface area contributed by atoms with Crippen LogP contribution in [0, 0.1) is 11.7 Å². The molecule has 0 saturated carbocycles. The summed E-state index contributed by atoms with van der Waals surface area (Å²) in [6.45, 7) is 3.54. The van der Waals surface area contributed by atoms with E-state index in [4.69, 9.17) is 4.74 Å². The van der Waals surface area contributed by atoms with Gasteiger partial charge in [0, 0.05) is 25.0 Å². The second-order valence-electron chi connectivity index (χ2n) is 5.66. The predicted octanol–water partition coefficient (Wildman–Crippen LogP) is 3.44. The van der Waals surface area contributed by atoms with Gasteiger partial charge in [-0.3, -0.25) is 4.99 Å². The number of thiophene rings is 1. The summed E-state index contributed by atoms with van der Waals surface area (Å²) in [6, 6.07) is 9.17. The van der Waals surface area contributed by atoms with Gasteiger partial charge in [-0.15, -0.1) is 11.3 Å². The molecule has 0 bridgehead atoms. The second-order valence-corrected chi connectivity index (χ2v) is 6.70. The van der Waals surface area contributed by atoms with Crippen LogP contribution in [0.25, 0.3) is 0 Å². The van der Waals surface area contributed by atoms with Gasteiger partial charge in [-0.25, -0.2) is 4.39 Å². The molecule has 1 unspecified atom stereocenters. The molecule has 6 heteroatoms. The van der Waals surface area contributed by atoms with Crippen LogP contribution in [-0.2, 0) is 13.0 Å². The van der Waals surface area contributed by atoms with Crippen LogP contribution in [0.4, 0.5) is 4.39 Å². The minimum absolute atomic E-state index is 0.253. The minimum Gasteiger partial charge on any atom is -0.494 e. The van der Waals surface area contributed by atoms with Crippen molar-refractivity contribution in [1.82, 2.24) is 10.6 Å². The van der Waals surface area contributed by atoms with Crippen LogP contribution in [0.3, 0.4) is 0 Å². The first-order valence-electron chi connectivity index (χ1n) is 7.91. The lowest BCUT2D eigenvalue weighted by molar-refractivity contribution is 0.386. The van der Waals surface area contributed by atoms with Crippen molar-refractivity contribution in [2.75, 3.05) is 20.7 Å². The van der Waals surface area contributed by atoms with Gasteiger partial charge in [-0.05, 0) is 41.5 Å². The maximum atomic E-state index is 13.7. The zero-order valence-corrected chi connectivity index (χ0v) is 15.1. The molecule has 1 atom stereocenters. The van der Waals surface area contributed by atoms with Crippen LogP contribution in [0.5, 0.6) is 5.75 Å². The number of benzene rings is 1. The molecule has 0 radical (unpaired) electrons. The SMILES string of the molecule is CN=C(NCc1ccc(OC)c(F)c1)NCC(C)Cc1cccs1. The highest BCUT2D eigenvalue weighted by Crippen LogP contribution is 2.17. The fourth-order valence-electron chi connectivity index (χ4n) is 2.34. The van der Waals surface area contributed by atoms with Gasteiger partial charge >= 0.3 is 0 Å². The maximum Gasteiger partial charge on any atom is 0.191 e. The molecule has 0 aliphatic carbocycles. The molecule has 1 aromatic heterocycles. The van der Waals surface area contributed by atoms with Crippen molar-refractivity contribution in [3.05, 3.63) is 52.0 Å². The number of halogens is 1. The Bertz CT molecular complexity index is 658. The molecule has 0 aliphatic heterocycles. The van der Waals surface area contributed by atoms with E-state index in [0.29, 0.717) is 18.4 Å². The van der Waals surface area contributed by atoms with E-state index < -0.39 is 0 Å². The van der Waals surface area contributed by atoms with E-state index in [0.717, 1.165) is 18.5 Å². The Kier molecular flexibility index (Phi) is 7.06. The fraction of sp³-hybridized carbons (Fsp3) is 0.389. The number of ether oxygens (including phenoxy) is 1. The van der Waals surface area contributed by atoms with Gasteiger partial charge in [0.15, 0.2) is 17.5 Å². The second kappa shape index (κ2) is 9.27. The van der Waals surface area contributed by atoms with Crippen molar-refractivity contribution in [3.8, 4) is 5.75 Å². The number of nitrogens with zero attached hydrogens (tertiary/aromatic N) is 1. The number of nitrogens with one attached hydrogen (secondary N) is 2. The van der Waals surface area contributed by atoms with E-state index in [1.807, 2.05) is 6.07 Å². The lowest BCUT2D eigenvalue weighted by Gasteiger charge is -2.16. The first kappa shape index (κ1) is 18.3. The predicted molar refractivity (Wildman–Crippen MR) is 98.3 cm³/mol. The largest absolute Gasteiger partial charge is 0.494 e. The molecule has 0 fully saturated rings. The maximum absolute atomic E-state index is 13.7. The molecule has 130 valence electrons. The van der Waals surface area contributed by atoms with Crippen LogP contribution < -0.4 is 15.4 Å². The summed E-state index contributed by atoms with van der Waals surface area (Å²) < 4.78 is 18.6. The van der Waals surface area contributed by atoms with Gasteiger partial charge in [0.2, 0.25) is 0 Å². The summed E-state index contributed by atoms with van der Waals surface area (Å²) in [5, 5.41) is 8.61. The van der Waals surface area contributed by atoms with Crippen molar-refractivity contribution in [1.29, 1.82) is 0 Å². The number of aliphatic imine (C=N–C) groups is 1. The topological polar surface area (TPSA) is 45.7 Å². The van der Waals surface area contributed by atoms with Gasteiger partial charge in [0.25, 0.3) is 0 Å². The zero-order chi connectivity index (χ0) is 17.4. The quantitative estimate of drug-likeness (QED) is 0.595. The molecule has 24 heavy (non-hydrogen) atoms. The summed E-state index contributed by atoms with van der Waals surface area (Å²) in [7, 11) is 3.19. The van der Waals surface area contributed by atoms with E-state index >= 15 is 0 Å². The van der Waals surface area contributed by atoms with E-state index in [1.165, 1.54) is 18.1 Å².